The fourth-order valence-corrected chi connectivity index (χ4v) is 0.961. The third-order valence-corrected chi connectivity index (χ3v) is 1.55. The number of ether oxygens (including phenoxy) is 1. The van der Waals surface area contributed by atoms with E-state index in [0.29, 0.717) is 11.5 Å². The van der Waals surface area contributed by atoms with Gasteiger partial charge in [-0.15, -0.1) is 0 Å². The number of methoxy groups -OCH3 is 1. The fourth-order valence-electron chi connectivity index (χ4n) is 0.961. The Morgan fingerprint density at radius 2 is 2.25 bits per heavy atom. The zero-order chi connectivity index (χ0) is 8.39. The van der Waals surface area contributed by atoms with Crippen molar-refractivity contribution in [3.8, 4) is 5.88 Å². The first-order valence-electron chi connectivity index (χ1n) is 3.51. The highest BCUT2D eigenvalue weighted by atomic mass is 16.5. The summed E-state index contributed by atoms with van der Waals surface area (Å²) in [7, 11) is 1.58. The highest BCUT2D eigenvalue weighted by Crippen LogP contribution is 2.11. The molecule has 0 fully saturated rings. The monoisotopic (exact) mass is 161 g/mol. The molecular formula is C8H7N3O. The minimum atomic E-state index is 0.571. The molecule has 0 N–H and O–H groups in total. The molecule has 0 atom stereocenters. The molecule has 0 unspecified atom stereocenters. The molecule has 2 aromatic rings. The Hall–Kier alpha value is -1.71. The molecule has 0 aromatic carbocycles. The van der Waals surface area contributed by atoms with Crippen LogP contribution in [0.5, 0.6) is 5.88 Å². The van der Waals surface area contributed by atoms with Gasteiger partial charge in [0.05, 0.1) is 7.11 Å². The summed E-state index contributed by atoms with van der Waals surface area (Å²) in [5, 5.41) is 0.915. The molecule has 2 aromatic heterocycles. The number of fused-ring (bicyclic) bond motifs is 1. The van der Waals surface area contributed by atoms with Crippen molar-refractivity contribution in [3.63, 3.8) is 0 Å². The zero-order valence-corrected chi connectivity index (χ0v) is 6.56. The van der Waals surface area contributed by atoms with E-state index in [2.05, 4.69) is 15.0 Å². The van der Waals surface area contributed by atoms with Gasteiger partial charge in [-0.05, 0) is 6.07 Å². The van der Waals surface area contributed by atoms with Crippen molar-refractivity contribution < 1.29 is 4.74 Å². The van der Waals surface area contributed by atoms with Crippen LogP contribution in [0.15, 0.2) is 24.7 Å². The minimum absolute atomic E-state index is 0.571. The molecule has 12 heavy (non-hydrogen) atoms. The number of rotatable bonds is 1. The van der Waals surface area contributed by atoms with Crippen molar-refractivity contribution in [2.24, 2.45) is 0 Å². The molecule has 0 spiro atoms. The molecule has 0 aliphatic heterocycles. The van der Waals surface area contributed by atoms with E-state index in [0.717, 1.165) is 5.39 Å². The Morgan fingerprint density at radius 1 is 1.33 bits per heavy atom. The van der Waals surface area contributed by atoms with E-state index in [1.165, 1.54) is 6.33 Å². The number of aromatic nitrogens is 3. The van der Waals surface area contributed by atoms with Crippen LogP contribution in [0.4, 0.5) is 0 Å². The summed E-state index contributed by atoms with van der Waals surface area (Å²) < 4.78 is 4.95. The van der Waals surface area contributed by atoms with E-state index < -0.39 is 0 Å². The van der Waals surface area contributed by atoms with Gasteiger partial charge in [-0.3, -0.25) is 0 Å². The number of pyridine rings is 1. The summed E-state index contributed by atoms with van der Waals surface area (Å²) in [5.74, 6) is 0.571. The van der Waals surface area contributed by atoms with Crippen LogP contribution in [0.2, 0.25) is 0 Å². The molecule has 0 saturated heterocycles. The van der Waals surface area contributed by atoms with Crippen molar-refractivity contribution in [2.75, 3.05) is 7.11 Å². The summed E-state index contributed by atoms with van der Waals surface area (Å²) in [6.07, 6.45) is 3.18. The highest BCUT2D eigenvalue weighted by molar-refractivity contribution is 5.73. The topological polar surface area (TPSA) is 47.9 Å². The average Bonchev–Trinajstić information content (AvgIpc) is 2.17. The quantitative estimate of drug-likeness (QED) is 0.626. The van der Waals surface area contributed by atoms with Gasteiger partial charge in [-0.2, -0.15) is 4.98 Å². The van der Waals surface area contributed by atoms with Crippen LogP contribution in [-0.2, 0) is 0 Å². The Morgan fingerprint density at radius 3 is 3.08 bits per heavy atom. The number of nitrogens with zero attached hydrogens (tertiary/aromatic N) is 3. The van der Waals surface area contributed by atoms with Crippen LogP contribution in [0.25, 0.3) is 11.0 Å². The van der Waals surface area contributed by atoms with Crippen molar-refractivity contribution in [1.82, 2.24) is 15.0 Å². The Labute approximate surface area is 69.3 Å². The maximum absolute atomic E-state index is 4.95. The maximum Gasteiger partial charge on any atom is 0.215 e. The summed E-state index contributed by atoms with van der Waals surface area (Å²) in [6.45, 7) is 0. The smallest absolute Gasteiger partial charge is 0.215 e. The zero-order valence-electron chi connectivity index (χ0n) is 6.56. The number of hydrogen-bond acceptors (Lipinski definition) is 4. The van der Waals surface area contributed by atoms with Crippen molar-refractivity contribution in [2.45, 2.75) is 0 Å². The van der Waals surface area contributed by atoms with Crippen LogP contribution < -0.4 is 4.74 Å². The lowest BCUT2D eigenvalue weighted by atomic mass is 10.3. The first-order valence-corrected chi connectivity index (χ1v) is 3.51. The van der Waals surface area contributed by atoms with E-state index >= 15 is 0 Å². The van der Waals surface area contributed by atoms with Gasteiger partial charge in [0.1, 0.15) is 6.33 Å². The van der Waals surface area contributed by atoms with Crippen molar-refractivity contribution in [1.29, 1.82) is 0 Å². The van der Waals surface area contributed by atoms with Gasteiger partial charge in [0.2, 0.25) is 5.88 Å². The second-order valence-electron chi connectivity index (χ2n) is 2.29. The molecule has 0 radical (unpaired) electrons. The largest absolute Gasteiger partial charge is 0.481 e. The van der Waals surface area contributed by atoms with Crippen molar-refractivity contribution in [3.05, 3.63) is 24.7 Å². The molecule has 2 rings (SSSR count). The minimum Gasteiger partial charge on any atom is -0.481 e. The van der Waals surface area contributed by atoms with E-state index in [-0.39, 0.29) is 0 Å². The molecule has 0 aliphatic rings. The average molecular weight is 161 g/mol. The van der Waals surface area contributed by atoms with Gasteiger partial charge >= 0.3 is 0 Å². The lowest BCUT2D eigenvalue weighted by molar-refractivity contribution is 0.399. The van der Waals surface area contributed by atoms with Crippen LogP contribution in [-0.4, -0.2) is 22.1 Å². The molecule has 2 heterocycles. The van der Waals surface area contributed by atoms with E-state index in [1.54, 1.807) is 19.4 Å². The predicted molar refractivity (Wildman–Crippen MR) is 43.9 cm³/mol. The molecule has 0 saturated carbocycles. The standard InChI is InChI=1S/C8H7N3O/c1-12-7-3-2-6-4-9-5-10-8(6)11-7/h2-5H,1H3. The molecule has 60 valence electrons. The van der Waals surface area contributed by atoms with Gasteiger partial charge < -0.3 is 4.74 Å². The molecule has 0 amide bonds. The molecule has 4 heteroatoms. The van der Waals surface area contributed by atoms with Crippen LogP contribution >= 0.6 is 0 Å². The predicted octanol–water partition coefficient (Wildman–Crippen LogP) is 1.03. The van der Waals surface area contributed by atoms with Gasteiger partial charge in [0.15, 0.2) is 5.65 Å². The summed E-state index contributed by atoms with van der Waals surface area (Å²) >= 11 is 0. The first kappa shape index (κ1) is 6.97. The molecule has 4 nitrogen and oxygen atoms in total. The third-order valence-electron chi connectivity index (χ3n) is 1.55. The third kappa shape index (κ3) is 1.07. The Balaban J connectivity index is 2.67. The normalized spacial score (nSPS) is 10.1. The highest BCUT2D eigenvalue weighted by Gasteiger charge is 1.96. The van der Waals surface area contributed by atoms with Crippen LogP contribution in [0.1, 0.15) is 0 Å². The number of hydrogen-bond donors (Lipinski definition) is 0. The second-order valence-corrected chi connectivity index (χ2v) is 2.29. The lowest BCUT2D eigenvalue weighted by Crippen LogP contribution is -1.89. The lowest BCUT2D eigenvalue weighted by Gasteiger charge is -1.98. The second kappa shape index (κ2) is 2.73. The Bertz CT molecular complexity index is 402. The van der Waals surface area contributed by atoms with Gasteiger partial charge in [0, 0.05) is 17.6 Å². The van der Waals surface area contributed by atoms with Crippen molar-refractivity contribution >= 4 is 11.0 Å². The Kier molecular flexibility index (Phi) is 1.59. The summed E-state index contributed by atoms with van der Waals surface area (Å²) in [5.41, 5.74) is 0.657. The van der Waals surface area contributed by atoms with Gasteiger partial charge in [0.25, 0.3) is 0 Å². The molecule has 0 aliphatic carbocycles. The maximum atomic E-state index is 4.95. The molecular weight excluding hydrogens is 154 g/mol. The first-order chi connectivity index (χ1) is 5.90. The van der Waals surface area contributed by atoms with E-state index in [4.69, 9.17) is 4.74 Å². The SMILES string of the molecule is COc1ccc2cncnc2n1. The van der Waals surface area contributed by atoms with Gasteiger partial charge in [-0.25, -0.2) is 9.97 Å². The van der Waals surface area contributed by atoms with Crippen LogP contribution in [0, 0.1) is 0 Å². The van der Waals surface area contributed by atoms with Gasteiger partial charge in [-0.1, -0.05) is 0 Å². The van der Waals surface area contributed by atoms with E-state index in [9.17, 15) is 0 Å². The van der Waals surface area contributed by atoms with Crippen LogP contribution in [0.3, 0.4) is 0 Å². The summed E-state index contributed by atoms with van der Waals surface area (Å²) in [4.78, 5) is 12.0. The fraction of sp³-hybridized carbons (Fsp3) is 0.125. The molecule has 0 bridgehead atoms. The summed E-state index contributed by atoms with van der Waals surface area (Å²) in [6, 6.07) is 3.66. The van der Waals surface area contributed by atoms with E-state index in [1.807, 2.05) is 6.07 Å².